The summed E-state index contributed by atoms with van der Waals surface area (Å²) in [5.74, 6) is -1.46. The van der Waals surface area contributed by atoms with Gasteiger partial charge in [-0.15, -0.1) is 0 Å². The monoisotopic (exact) mass is 232 g/mol. The number of ether oxygens (including phenoxy) is 1. The van der Waals surface area contributed by atoms with E-state index in [0.717, 1.165) is 19.2 Å². The topological polar surface area (TPSA) is 63.6 Å². The first-order valence-corrected chi connectivity index (χ1v) is 5.07. The molecule has 15 heavy (non-hydrogen) atoms. The van der Waals surface area contributed by atoms with Crippen molar-refractivity contribution in [3.63, 3.8) is 0 Å². The Hall–Kier alpha value is -1.27. The van der Waals surface area contributed by atoms with Crippen LogP contribution in [0, 0.1) is 12.7 Å². The highest BCUT2D eigenvalue weighted by Crippen LogP contribution is 2.18. The summed E-state index contributed by atoms with van der Waals surface area (Å²) in [6, 6.07) is 2.11. The summed E-state index contributed by atoms with van der Waals surface area (Å²) in [6.07, 6.45) is 0. The molecular formula is C9H9FO4S. The van der Waals surface area contributed by atoms with Gasteiger partial charge in [0.25, 0.3) is 0 Å². The standard InChI is InChI=1S/C9H9FO4S/c1-5-7(10)3-6(9(11)14-2)4-8(5)15(12)13/h3-4H,1-2H3,(H,12,13). The van der Waals surface area contributed by atoms with Gasteiger partial charge in [-0.25, -0.2) is 13.4 Å². The van der Waals surface area contributed by atoms with Crippen molar-refractivity contribution in [3.8, 4) is 0 Å². The normalized spacial score (nSPS) is 12.3. The van der Waals surface area contributed by atoms with Crippen LogP contribution < -0.4 is 0 Å². The molecule has 0 aromatic heterocycles. The van der Waals surface area contributed by atoms with Gasteiger partial charge < -0.3 is 9.29 Å². The fourth-order valence-electron chi connectivity index (χ4n) is 1.07. The van der Waals surface area contributed by atoms with Crippen molar-refractivity contribution in [2.45, 2.75) is 11.8 Å². The van der Waals surface area contributed by atoms with E-state index in [1.165, 1.54) is 6.92 Å². The zero-order valence-electron chi connectivity index (χ0n) is 8.11. The smallest absolute Gasteiger partial charge is 0.337 e. The molecular weight excluding hydrogens is 223 g/mol. The molecule has 0 fully saturated rings. The third kappa shape index (κ3) is 2.40. The van der Waals surface area contributed by atoms with Crippen molar-refractivity contribution >= 4 is 17.0 Å². The highest BCUT2D eigenvalue weighted by molar-refractivity contribution is 7.79. The second-order valence-electron chi connectivity index (χ2n) is 2.82. The summed E-state index contributed by atoms with van der Waals surface area (Å²) in [5.41, 5.74) is -0.0403. The van der Waals surface area contributed by atoms with Crippen molar-refractivity contribution in [1.82, 2.24) is 0 Å². The van der Waals surface area contributed by atoms with Crippen LogP contribution in [0.5, 0.6) is 0 Å². The van der Waals surface area contributed by atoms with Gasteiger partial charge in [-0.05, 0) is 19.1 Å². The van der Waals surface area contributed by atoms with Gasteiger partial charge in [0, 0.05) is 5.56 Å². The number of methoxy groups -OCH3 is 1. The lowest BCUT2D eigenvalue weighted by atomic mass is 10.1. The van der Waals surface area contributed by atoms with E-state index in [0.29, 0.717) is 0 Å². The minimum absolute atomic E-state index is 0.0449. The molecule has 0 amide bonds. The van der Waals surface area contributed by atoms with Crippen LogP contribution in [-0.4, -0.2) is 21.8 Å². The van der Waals surface area contributed by atoms with Crippen LogP contribution in [0.3, 0.4) is 0 Å². The molecule has 0 saturated carbocycles. The van der Waals surface area contributed by atoms with E-state index in [2.05, 4.69) is 4.74 Å². The van der Waals surface area contributed by atoms with Gasteiger partial charge in [0.05, 0.1) is 17.6 Å². The van der Waals surface area contributed by atoms with E-state index in [4.69, 9.17) is 4.55 Å². The molecule has 0 spiro atoms. The SMILES string of the molecule is COC(=O)c1cc(F)c(C)c(S(=O)O)c1. The summed E-state index contributed by atoms with van der Waals surface area (Å²) >= 11 is -2.33. The van der Waals surface area contributed by atoms with E-state index >= 15 is 0 Å². The Kier molecular flexibility index (Phi) is 3.54. The third-order valence-electron chi connectivity index (χ3n) is 1.91. The average molecular weight is 232 g/mol. The summed E-state index contributed by atoms with van der Waals surface area (Å²) in [6.45, 7) is 1.36. The molecule has 1 N–H and O–H groups in total. The van der Waals surface area contributed by atoms with E-state index in [9.17, 15) is 13.4 Å². The Morgan fingerprint density at radius 3 is 2.60 bits per heavy atom. The number of hydrogen-bond acceptors (Lipinski definition) is 3. The van der Waals surface area contributed by atoms with Crippen LogP contribution >= 0.6 is 0 Å². The van der Waals surface area contributed by atoms with Gasteiger partial charge >= 0.3 is 5.97 Å². The van der Waals surface area contributed by atoms with E-state index in [1.54, 1.807) is 0 Å². The van der Waals surface area contributed by atoms with Crippen LogP contribution in [0.1, 0.15) is 15.9 Å². The number of esters is 1. The largest absolute Gasteiger partial charge is 0.465 e. The number of rotatable bonds is 2. The molecule has 0 bridgehead atoms. The van der Waals surface area contributed by atoms with Gasteiger partial charge in [0.2, 0.25) is 0 Å². The maximum atomic E-state index is 13.2. The molecule has 0 radical (unpaired) electrons. The average Bonchev–Trinajstić information content (AvgIpc) is 2.20. The van der Waals surface area contributed by atoms with Crippen LogP contribution in [0.4, 0.5) is 4.39 Å². The maximum Gasteiger partial charge on any atom is 0.337 e. The fourth-order valence-corrected chi connectivity index (χ4v) is 1.66. The Balaban J connectivity index is 3.35. The van der Waals surface area contributed by atoms with Crippen molar-refractivity contribution in [2.75, 3.05) is 7.11 Å². The highest BCUT2D eigenvalue weighted by Gasteiger charge is 2.15. The first-order valence-electron chi connectivity index (χ1n) is 3.96. The molecule has 4 nitrogen and oxygen atoms in total. The first kappa shape index (κ1) is 11.8. The Morgan fingerprint density at radius 1 is 1.53 bits per heavy atom. The molecule has 0 heterocycles. The second-order valence-corrected chi connectivity index (χ2v) is 3.76. The second kappa shape index (κ2) is 4.50. The molecule has 0 saturated heterocycles. The first-order chi connectivity index (χ1) is 6.97. The summed E-state index contributed by atoms with van der Waals surface area (Å²) in [5, 5.41) is 0. The predicted molar refractivity (Wildman–Crippen MR) is 51.5 cm³/mol. The van der Waals surface area contributed by atoms with E-state index in [-0.39, 0.29) is 16.0 Å². The number of carbonyl (C=O) groups is 1. The lowest BCUT2D eigenvalue weighted by Crippen LogP contribution is -2.05. The Bertz CT molecular complexity index is 430. The highest BCUT2D eigenvalue weighted by atomic mass is 32.2. The molecule has 1 aromatic carbocycles. The third-order valence-corrected chi connectivity index (χ3v) is 2.71. The lowest BCUT2D eigenvalue weighted by molar-refractivity contribution is 0.0600. The molecule has 6 heteroatoms. The summed E-state index contributed by atoms with van der Waals surface area (Å²) in [7, 11) is 1.15. The summed E-state index contributed by atoms with van der Waals surface area (Å²) in [4.78, 5) is 11.0. The lowest BCUT2D eigenvalue weighted by Gasteiger charge is -2.05. The van der Waals surface area contributed by atoms with E-state index in [1.807, 2.05) is 0 Å². The van der Waals surface area contributed by atoms with Gasteiger partial charge in [0.15, 0.2) is 11.1 Å². The predicted octanol–water partition coefficient (Wildman–Crippen LogP) is 1.50. The van der Waals surface area contributed by atoms with Crippen molar-refractivity contribution in [2.24, 2.45) is 0 Å². The van der Waals surface area contributed by atoms with Crippen LogP contribution in [0.2, 0.25) is 0 Å². The van der Waals surface area contributed by atoms with Gasteiger partial charge in [0.1, 0.15) is 5.82 Å². The number of hydrogen-bond donors (Lipinski definition) is 1. The number of halogens is 1. The molecule has 82 valence electrons. The molecule has 1 unspecified atom stereocenters. The van der Waals surface area contributed by atoms with Crippen LogP contribution in [0.15, 0.2) is 17.0 Å². The molecule has 0 aliphatic heterocycles. The number of benzene rings is 1. The van der Waals surface area contributed by atoms with Gasteiger partial charge in [-0.1, -0.05) is 0 Å². The maximum absolute atomic E-state index is 13.2. The molecule has 0 aliphatic rings. The molecule has 1 aromatic rings. The minimum Gasteiger partial charge on any atom is -0.465 e. The zero-order valence-corrected chi connectivity index (χ0v) is 8.93. The number of carbonyl (C=O) groups excluding carboxylic acids is 1. The fraction of sp³-hybridized carbons (Fsp3) is 0.222. The molecule has 1 atom stereocenters. The molecule has 0 aliphatic carbocycles. The van der Waals surface area contributed by atoms with Crippen LogP contribution in [0.25, 0.3) is 0 Å². The van der Waals surface area contributed by atoms with Crippen molar-refractivity contribution in [3.05, 3.63) is 29.1 Å². The Morgan fingerprint density at radius 2 is 2.13 bits per heavy atom. The van der Waals surface area contributed by atoms with E-state index < -0.39 is 22.9 Å². The van der Waals surface area contributed by atoms with Crippen molar-refractivity contribution < 1.29 is 22.7 Å². The van der Waals surface area contributed by atoms with Gasteiger partial charge in [-0.3, -0.25) is 0 Å². The molecule has 1 rings (SSSR count). The summed E-state index contributed by atoms with van der Waals surface area (Å²) < 4.78 is 37.3. The quantitative estimate of drug-likeness (QED) is 0.620. The zero-order chi connectivity index (χ0) is 11.6. The van der Waals surface area contributed by atoms with Crippen molar-refractivity contribution in [1.29, 1.82) is 0 Å². The van der Waals surface area contributed by atoms with Crippen LogP contribution in [-0.2, 0) is 15.8 Å². The van der Waals surface area contributed by atoms with Gasteiger partial charge in [-0.2, -0.15) is 0 Å². The minimum atomic E-state index is -2.33. The Labute approximate surface area is 88.3 Å².